The summed E-state index contributed by atoms with van der Waals surface area (Å²) in [6, 6.07) is 18.2. The second-order valence-electron chi connectivity index (χ2n) is 10.2. The van der Waals surface area contributed by atoms with Gasteiger partial charge in [-0.2, -0.15) is 0 Å². The Morgan fingerprint density at radius 3 is 1.34 bits per heavy atom. The zero-order valence-corrected chi connectivity index (χ0v) is 18.7. The smallest absolute Gasteiger partial charge is 0.139 e. The Morgan fingerprint density at radius 2 is 0.875 bits per heavy atom. The first kappa shape index (κ1) is 18.8. The average molecular weight is 423 g/mol. The van der Waals surface area contributed by atoms with Gasteiger partial charge in [0.2, 0.25) is 0 Å². The highest BCUT2D eigenvalue weighted by atomic mass is 16.3. The van der Waals surface area contributed by atoms with E-state index in [0.29, 0.717) is 11.8 Å². The molecule has 7 rings (SSSR count). The first-order chi connectivity index (χ1) is 15.8. The molecule has 0 radical (unpaired) electrons. The van der Waals surface area contributed by atoms with E-state index < -0.39 is 0 Å². The summed E-state index contributed by atoms with van der Waals surface area (Å²) in [5.41, 5.74) is 6.80. The van der Waals surface area contributed by atoms with Crippen LogP contribution in [0, 0.1) is 0 Å². The summed E-state index contributed by atoms with van der Waals surface area (Å²) in [5.74, 6) is 1.41. The van der Waals surface area contributed by atoms with Crippen molar-refractivity contribution < 1.29 is 8.83 Å². The molecule has 2 aliphatic rings. The Bertz CT molecular complexity index is 1330. The molecule has 0 unspecified atom stereocenters. The molecular formula is C30H30O2. The lowest BCUT2D eigenvalue weighted by atomic mass is 9.83. The van der Waals surface area contributed by atoms with Crippen LogP contribution in [0.25, 0.3) is 43.9 Å². The molecule has 32 heavy (non-hydrogen) atoms. The molecule has 2 aromatic heterocycles. The van der Waals surface area contributed by atoms with Crippen LogP contribution in [0.2, 0.25) is 0 Å². The number of furan rings is 2. The Hall–Kier alpha value is -2.74. The fraction of sp³-hybridized carbons (Fsp3) is 0.400. The SMILES string of the molecule is c1cc2oc3cc4oc5ccc(C6CCCCC6)cc5c4cc3c2cc1C1CCCCC1. The molecule has 0 spiro atoms. The van der Waals surface area contributed by atoms with E-state index in [1.807, 2.05) is 0 Å². The van der Waals surface area contributed by atoms with Crippen molar-refractivity contribution in [1.29, 1.82) is 0 Å². The van der Waals surface area contributed by atoms with Crippen molar-refractivity contribution in [2.24, 2.45) is 0 Å². The fourth-order valence-corrected chi connectivity index (χ4v) is 6.46. The highest BCUT2D eigenvalue weighted by molar-refractivity contribution is 6.15. The van der Waals surface area contributed by atoms with Gasteiger partial charge < -0.3 is 8.83 Å². The first-order valence-electron chi connectivity index (χ1n) is 12.7. The van der Waals surface area contributed by atoms with Crippen LogP contribution >= 0.6 is 0 Å². The maximum atomic E-state index is 6.26. The second-order valence-corrected chi connectivity index (χ2v) is 10.2. The van der Waals surface area contributed by atoms with E-state index in [-0.39, 0.29) is 0 Å². The zero-order chi connectivity index (χ0) is 21.1. The Kier molecular flexibility index (Phi) is 4.35. The minimum Gasteiger partial charge on any atom is -0.456 e. The van der Waals surface area contributed by atoms with Gasteiger partial charge in [0, 0.05) is 27.6 Å². The molecule has 2 heterocycles. The Morgan fingerprint density at radius 1 is 0.438 bits per heavy atom. The van der Waals surface area contributed by atoms with Crippen LogP contribution in [0.4, 0.5) is 0 Å². The second kappa shape index (κ2) is 7.40. The van der Waals surface area contributed by atoms with Gasteiger partial charge in [-0.3, -0.25) is 0 Å². The maximum Gasteiger partial charge on any atom is 0.139 e. The molecule has 2 aliphatic carbocycles. The summed E-state index contributed by atoms with van der Waals surface area (Å²) in [6.07, 6.45) is 13.5. The predicted octanol–water partition coefficient (Wildman–Crippen LogP) is 9.58. The topological polar surface area (TPSA) is 26.3 Å². The summed E-state index contributed by atoms with van der Waals surface area (Å²) in [4.78, 5) is 0. The van der Waals surface area contributed by atoms with Gasteiger partial charge in [-0.15, -0.1) is 0 Å². The fourth-order valence-electron chi connectivity index (χ4n) is 6.46. The Labute approximate surface area is 188 Å². The number of benzene rings is 3. The van der Waals surface area contributed by atoms with Gasteiger partial charge in [0.15, 0.2) is 0 Å². The van der Waals surface area contributed by atoms with Crippen LogP contribution < -0.4 is 0 Å². The van der Waals surface area contributed by atoms with Crippen LogP contribution in [0.5, 0.6) is 0 Å². The number of hydrogen-bond acceptors (Lipinski definition) is 2. The third kappa shape index (κ3) is 2.99. The van der Waals surface area contributed by atoms with Gasteiger partial charge >= 0.3 is 0 Å². The highest BCUT2D eigenvalue weighted by Crippen LogP contribution is 2.41. The largest absolute Gasteiger partial charge is 0.456 e. The van der Waals surface area contributed by atoms with Crippen molar-refractivity contribution in [1.82, 2.24) is 0 Å². The molecule has 2 nitrogen and oxygen atoms in total. The molecule has 162 valence electrons. The summed E-state index contributed by atoms with van der Waals surface area (Å²) in [5, 5.41) is 4.94. The molecule has 3 aromatic carbocycles. The van der Waals surface area contributed by atoms with Crippen molar-refractivity contribution in [2.45, 2.75) is 76.0 Å². The minimum absolute atomic E-state index is 0.703. The van der Waals surface area contributed by atoms with Crippen LogP contribution in [0.3, 0.4) is 0 Å². The highest BCUT2D eigenvalue weighted by Gasteiger charge is 2.20. The lowest BCUT2D eigenvalue weighted by molar-refractivity contribution is 0.444. The van der Waals surface area contributed by atoms with E-state index in [0.717, 1.165) is 22.3 Å². The molecule has 0 amide bonds. The molecule has 2 fully saturated rings. The first-order valence-corrected chi connectivity index (χ1v) is 12.7. The summed E-state index contributed by atoms with van der Waals surface area (Å²) in [6.45, 7) is 0. The van der Waals surface area contributed by atoms with Crippen molar-refractivity contribution in [3.63, 3.8) is 0 Å². The molecule has 0 bridgehead atoms. The van der Waals surface area contributed by atoms with Crippen molar-refractivity contribution in [3.05, 3.63) is 59.7 Å². The molecule has 2 saturated carbocycles. The predicted molar refractivity (Wildman–Crippen MR) is 133 cm³/mol. The summed E-state index contributed by atoms with van der Waals surface area (Å²) in [7, 11) is 0. The van der Waals surface area contributed by atoms with Gasteiger partial charge in [-0.05, 0) is 79.0 Å². The molecule has 0 aliphatic heterocycles. The summed E-state index contributed by atoms with van der Waals surface area (Å²) >= 11 is 0. The molecule has 0 atom stereocenters. The minimum atomic E-state index is 0.703. The lowest BCUT2D eigenvalue weighted by Gasteiger charge is -2.21. The summed E-state index contributed by atoms with van der Waals surface area (Å²) < 4.78 is 12.5. The normalized spacial score (nSPS) is 19.0. The van der Waals surface area contributed by atoms with Gasteiger partial charge in [0.25, 0.3) is 0 Å². The Balaban J connectivity index is 1.39. The average Bonchev–Trinajstić information content (AvgIpc) is 3.40. The van der Waals surface area contributed by atoms with E-state index >= 15 is 0 Å². The zero-order valence-electron chi connectivity index (χ0n) is 18.7. The molecule has 0 N–H and O–H groups in total. The molecular weight excluding hydrogens is 392 g/mol. The molecule has 2 heteroatoms. The number of fused-ring (bicyclic) bond motifs is 6. The van der Waals surface area contributed by atoms with Crippen molar-refractivity contribution in [2.75, 3.05) is 0 Å². The van der Waals surface area contributed by atoms with E-state index in [4.69, 9.17) is 8.83 Å². The van der Waals surface area contributed by atoms with Crippen LogP contribution in [-0.4, -0.2) is 0 Å². The van der Waals surface area contributed by atoms with Gasteiger partial charge in [-0.1, -0.05) is 50.7 Å². The monoisotopic (exact) mass is 422 g/mol. The van der Waals surface area contributed by atoms with Crippen molar-refractivity contribution in [3.8, 4) is 0 Å². The van der Waals surface area contributed by atoms with E-state index in [2.05, 4.69) is 48.5 Å². The van der Waals surface area contributed by atoms with E-state index in [9.17, 15) is 0 Å². The molecule has 5 aromatic rings. The van der Waals surface area contributed by atoms with Crippen LogP contribution in [-0.2, 0) is 0 Å². The van der Waals surface area contributed by atoms with Crippen LogP contribution in [0.15, 0.2) is 57.4 Å². The third-order valence-electron chi connectivity index (χ3n) is 8.26. The van der Waals surface area contributed by atoms with Crippen molar-refractivity contribution >= 4 is 43.9 Å². The number of hydrogen-bond donors (Lipinski definition) is 0. The third-order valence-corrected chi connectivity index (χ3v) is 8.26. The van der Waals surface area contributed by atoms with Crippen LogP contribution in [0.1, 0.15) is 87.2 Å². The maximum absolute atomic E-state index is 6.26. The standard InChI is InChI=1S/C30H30O2/c1-3-7-19(8-4-1)21-11-13-27-23(15-21)25-17-26-24-16-22(20-9-5-2-6-10-20)12-14-28(24)32-30(26)18-29(25)31-27/h11-20H,1-10H2. The van der Waals surface area contributed by atoms with Gasteiger partial charge in [-0.25, -0.2) is 0 Å². The number of rotatable bonds is 2. The van der Waals surface area contributed by atoms with Gasteiger partial charge in [0.1, 0.15) is 22.3 Å². The quantitative estimate of drug-likeness (QED) is 0.283. The van der Waals surface area contributed by atoms with Gasteiger partial charge in [0.05, 0.1) is 0 Å². The van der Waals surface area contributed by atoms with E-state index in [1.54, 1.807) is 0 Å². The van der Waals surface area contributed by atoms with E-state index in [1.165, 1.54) is 96.9 Å². The molecule has 0 saturated heterocycles. The lowest BCUT2D eigenvalue weighted by Crippen LogP contribution is -2.04.